The molecule has 29 heavy (non-hydrogen) atoms. The number of hydrogen-bond acceptors (Lipinski definition) is 6. The first-order valence-electron chi connectivity index (χ1n) is 9.79. The molecule has 0 N–H and O–H groups in total. The number of aromatic nitrogens is 2. The van der Waals surface area contributed by atoms with E-state index in [0.29, 0.717) is 31.2 Å². The van der Waals surface area contributed by atoms with Crippen LogP contribution < -0.4 is 9.47 Å². The summed E-state index contributed by atoms with van der Waals surface area (Å²) in [5.74, 6) is 2.56. The molecule has 1 aromatic heterocycles. The van der Waals surface area contributed by atoms with Gasteiger partial charge in [0.05, 0.1) is 0 Å². The van der Waals surface area contributed by atoms with Gasteiger partial charge in [-0.15, -0.1) is 0 Å². The van der Waals surface area contributed by atoms with E-state index in [9.17, 15) is 4.79 Å². The molecule has 2 aliphatic heterocycles. The fourth-order valence-electron chi connectivity index (χ4n) is 3.76. The molecule has 1 fully saturated rings. The first kappa shape index (κ1) is 17.7. The van der Waals surface area contributed by atoms with Crippen molar-refractivity contribution in [2.75, 3.05) is 13.3 Å². The van der Waals surface area contributed by atoms with Crippen molar-refractivity contribution < 1.29 is 18.8 Å². The SMILES string of the molecule is CCc1ccc(-c2nc(C3CC(=O)N(Cc4ccc5c(c4)OCO5)C3)no2)cc1. The number of aryl methyl sites for hydroxylation is 1. The molecule has 0 bridgehead atoms. The Hall–Kier alpha value is -3.35. The summed E-state index contributed by atoms with van der Waals surface area (Å²) >= 11 is 0. The molecule has 1 saturated heterocycles. The average molecular weight is 391 g/mol. The summed E-state index contributed by atoms with van der Waals surface area (Å²) < 4.78 is 16.2. The van der Waals surface area contributed by atoms with Crippen molar-refractivity contribution >= 4 is 5.91 Å². The zero-order valence-corrected chi connectivity index (χ0v) is 16.1. The lowest BCUT2D eigenvalue weighted by Gasteiger charge is -2.16. The number of ether oxygens (including phenoxy) is 2. The van der Waals surface area contributed by atoms with Crippen molar-refractivity contribution in [2.45, 2.75) is 32.2 Å². The van der Waals surface area contributed by atoms with E-state index >= 15 is 0 Å². The molecule has 0 radical (unpaired) electrons. The van der Waals surface area contributed by atoms with Gasteiger partial charge in [-0.3, -0.25) is 4.79 Å². The first-order chi connectivity index (χ1) is 14.2. The highest BCUT2D eigenvalue weighted by molar-refractivity contribution is 5.79. The molecule has 5 rings (SSSR count). The number of carbonyl (C=O) groups excluding carboxylic acids is 1. The molecule has 1 amide bonds. The lowest BCUT2D eigenvalue weighted by Crippen LogP contribution is -2.24. The molecule has 0 aliphatic carbocycles. The molecule has 7 nitrogen and oxygen atoms in total. The van der Waals surface area contributed by atoms with E-state index < -0.39 is 0 Å². The minimum absolute atomic E-state index is 0.0658. The van der Waals surface area contributed by atoms with Gasteiger partial charge in [0, 0.05) is 31.0 Å². The molecule has 3 heterocycles. The highest BCUT2D eigenvalue weighted by Crippen LogP contribution is 2.34. The van der Waals surface area contributed by atoms with Gasteiger partial charge in [-0.1, -0.05) is 30.3 Å². The minimum atomic E-state index is -0.0658. The molecule has 0 saturated carbocycles. The van der Waals surface area contributed by atoms with Crippen LogP contribution in [0.2, 0.25) is 0 Å². The Balaban J connectivity index is 1.28. The highest BCUT2D eigenvalue weighted by atomic mass is 16.7. The molecule has 3 aromatic rings. The van der Waals surface area contributed by atoms with Gasteiger partial charge >= 0.3 is 0 Å². The predicted molar refractivity (Wildman–Crippen MR) is 104 cm³/mol. The van der Waals surface area contributed by atoms with Gasteiger partial charge in [0.25, 0.3) is 5.89 Å². The number of rotatable bonds is 5. The summed E-state index contributed by atoms with van der Waals surface area (Å²) in [7, 11) is 0. The molecule has 0 spiro atoms. The van der Waals surface area contributed by atoms with Crippen molar-refractivity contribution in [2.24, 2.45) is 0 Å². The maximum absolute atomic E-state index is 12.5. The van der Waals surface area contributed by atoms with Gasteiger partial charge in [0.2, 0.25) is 12.7 Å². The fourth-order valence-corrected chi connectivity index (χ4v) is 3.76. The highest BCUT2D eigenvalue weighted by Gasteiger charge is 2.34. The molecular weight excluding hydrogens is 370 g/mol. The second-order valence-electron chi connectivity index (χ2n) is 7.37. The van der Waals surface area contributed by atoms with Gasteiger partial charge in [0.15, 0.2) is 17.3 Å². The number of fused-ring (bicyclic) bond motifs is 1. The number of benzene rings is 2. The first-order valence-corrected chi connectivity index (χ1v) is 9.79. The summed E-state index contributed by atoms with van der Waals surface area (Å²) in [5, 5.41) is 4.14. The zero-order valence-electron chi connectivity index (χ0n) is 16.1. The molecule has 1 atom stereocenters. The van der Waals surface area contributed by atoms with E-state index in [-0.39, 0.29) is 18.6 Å². The van der Waals surface area contributed by atoms with Crippen molar-refractivity contribution in [1.29, 1.82) is 0 Å². The Bertz CT molecular complexity index is 1040. The standard InChI is InChI=1S/C22H21N3O4/c1-2-14-3-6-16(7-4-14)22-23-21(24-29-22)17-10-20(26)25(12-17)11-15-5-8-18-19(9-15)28-13-27-18/h3-9,17H,2,10-13H2,1H3. The van der Waals surface area contributed by atoms with Crippen LogP contribution in [-0.2, 0) is 17.8 Å². The summed E-state index contributed by atoms with van der Waals surface area (Å²) in [6.45, 7) is 3.45. The Morgan fingerprint density at radius 3 is 2.69 bits per heavy atom. The number of hydrogen-bond donors (Lipinski definition) is 0. The van der Waals surface area contributed by atoms with Crippen molar-refractivity contribution in [3.63, 3.8) is 0 Å². The van der Waals surface area contributed by atoms with Crippen LogP contribution in [0.4, 0.5) is 0 Å². The molecule has 1 unspecified atom stereocenters. The predicted octanol–water partition coefficient (Wildman–Crippen LogP) is 3.54. The van der Waals surface area contributed by atoms with Crippen molar-refractivity contribution in [1.82, 2.24) is 15.0 Å². The second kappa shape index (κ2) is 7.24. The number of likely N-dealkylation sites (tertiary alicyclic amines) is 1. The van der Waals surface area contributed by atoms with Gasteiger partial charge < -0.3 is 18.9 Å². The molecule has 2 aliphatic rings. The second-order valence-corrected chi connectivity index (χ2v) is 7.37. The van der Waals surface area contributed by atoms with E-state index in [4.69, 9.17) is 14.0 Å². The van der Waals surface area contributed by atoms with E-state index in [0.717, 1.165) is 29.0 Å². The third kappa shape index (κ3) is 3.44. The molecule has 7 heteroatoms. The lowest BCUT2D eigenvalue weighted by molar-refractivity contribution is -0.128. The van der Waals surface area contributed by atoms with Crippen molar-refractivity contribution in [3.05, 3.63) is 59.4 Å². The van der Waals surface area contributed by atoms with Gasteiger partial charge in [0.1, 0.15) is 0 Å². The molecular formula is C22H21N3O4. The quantitative estimate of drug-likeness (QED) is 0.662. The minimum Gasteiger partial charge on any atom is -0.454 e. The fraction of sp³-hybridized carbons (Fsp3) is 0.318. The smallest absolute Gasteiger partial charge is 0.257 e. The van der Waals surface area contributed by atoms with Gasteiger partial charge in [-0.05, 0) is 41.8 Å². The Morgan fingerprint density at radius 1 is 1.07 bits per heavy atom. The number of nitrogens with zero attached hydrogens (tertiary/aromatic N) is 3. The zero-order chi connectivity index (χ0) is 19.8. The summed E-state index contributed by atoms with van der Waals surface area (Å²) in [6, 6.07) is 13.9. The summed E-state index contributed by atoms with van der Waals surface area (Å²) in [5.41, 5.74) is 3.16. The van der Waals surface area contributed by atoms with Crippen LogP contribution in [-0.4, -0.2) is 34.3 Å². The van der Waals surface area contributed by atoms with E-state index in [2.05, 4.69) is 29.2 Å². The number of amides is 1. The maximum Gasteiger partial charge on any atom is 0.257 e. The summed E-state index contributed by atoms with van der Waals surface area (Å²) in [6.07, 6.45) is 1.37. The Labute approximate surface area is 168 Å². The largest absolute Gasteiger partial charge is 0.454 e. The van der Waals surface area contributed by atoms with Crippen LogP contribution in [0, 0.1) is 0 Å². The Morgan fingerprint density at radius 2 is 1.86 bits per heavy atom. The van der Waals surface area contributed by atoms with Crippen LogP contribution in [0.5, 0.6) is 11.5 Å². The number of carbonyl (C=O) groups is 1. The van der Waals surface area contributed by atoms with E-state index in [1.54, 1.807) is 0 Å². The Kier molecular flexibility index (Phi) is 4.42. The van der Waals surface area contributed by atoms with Crippen LogP contribution in [0.25, 0.3) is 11.5 Å². The molecule has 2 aromatic carbocycles. The normalized spacial score (nSPS) is 17.9. The van der Waals surface area contributed by atoms with Gasteiger partial charge in [-0.2, -0.15) is 4.98 Å². The van der Waals surface area contributed by atoms with Crippen LogP contribution in [0.3, 0.4) is 0 Å². The monoisotopic (exact) mass is 391 g/mol. The van der Waals surface area contributed by atoms with Gasteiger partial charge in [-0.25, -0.2) is 0 Å². The van der Waals surface area contributed by atoms with Crippen LogP contribution >= 0.6 is 0 Å². The van der Waals surface area contributed by atoms with E-state index in [1.807, 2.05) is 35.2 Å². The topological polar surface area (TPSA) is 77.7 Å². The van der Waals surface area contributed by atoms with Crippen LogP contribution in [0.15, 0.2) is 47.0 Å². The van der Waals surface area contributed by atoms with E-state index in [1.165, 1.54) is 5.56 Å². The average Bonchev–Trinajstić information content (AvgIpc) is 3.48. The third-order valence-electron chi connectivity index (χ3n) is 5.44. The third-order valence-corrected chi connectivity index (χ3v) is 5.44. The van der Waals surface area contributed by atoms with Crippen molar-refractivity contribution in [3.8, 4) is 23.0 Å². The maximum atomic E-state index is 12.5. The summed E-state index contributed by atoms with van der Waals surface area (Å²) in [4.78, 5) is 18.9. The lowest BCUT2D eigenvalue weighted by atomic mass is 10.1. The molecule has 148 valence electrons. The van der Waals surface area contributed by atoms with Crippen LogP contribution in [0.1, 0.15) is 36.2 Å².